The normalized spacial score (nSPS) is 10.9. The first-order valence-electron chi connectivity index (χ1n) is 8.67. The molecule has 3 rings (SSSR count). The number of hydrogen-bond acceptors (Lipinski definition) is 3. The van der Waals surface area contributed by atoms with Gasteiger partial charge in [-0.1, -0.05) is 30.3 Å². The number of benzene rings is 2. The van der Waals surface area contributed by atoms with E-state index in [1.165, 1.54) is 13.0 Å². The molecule has 0 aliphatic rings. The van der Waals surface area contributed by atoms with Crippen molar-refractivity contribution < 1.29 is 9.59 Å². The highest BCUT2D eigenvalue weighted by atomic mass is 16.1. The molecule has 1 aromatic heterocycles. The number of rotatable bonds is 5. The van der Waals surface area contributed by atoms with E-state index in [1.807, 2.05) is 48.9 Å². The maximum atomic E-state index is 12.3. The highest BCUT2D eigenvalue weighted by molar-refractivity contribution is 6.03. The molecule has 0 saturated carbocycles. The number of aromatic nitrogens is 2. The summed E-state index contributed by atoms with van der Waals surface area (Å²) in [7, 11) is 0. The van der Waals surface area contributed by atoms with Gasteiger partial charge in [0, 0.05) is 28.6 Å². The molecule has 0 unspecified atom stereocenters. The van der Waals surface area contributed by atoms with Gasteiger partial charge in [-0.3, -0.25) is 9.59 Å². The second kappa shape index (κ2) is 7.83. The van der Waals surface area contributed by atoms with E-state index in [9.17, 15) is 9.59 Å². The topological polar surface area (TPSA) is 64.0 Å². The minimum atomic E-state index is -0.262. The van der Waals surface area contributed by atoms with Gasteiger partial charge in [-0.05, 0) is 51.1 Å². The fourth-order valence-electron chi connectivity index (χ4n) is 2.88. The van der Waals surface area contributed by atoms with Crippen molar-refractivity contribution in [3.05, 3.63) is 83.2 Å². The maximum absolute atomic E-state index is 12.3. The predicted molar refractivity (Wildman–Crippen MR) is 107 cm³/mol. The molecule has 1 heterocycles. The standard InChI is InChI=1S/C22H21N3O2/c1-15-21(16(2)25(24-15)20-10-5-4-6-11-20)12-13-22(27)23-19-9-7-8-18(14-19)17(3)26/h4-14H,1-3H3,(H,23,27)/b13-12+. The first-order valence-corrected chi connectivity index (χ1v) is 8.67. The third kappa shape index (κ3) is 4.20. The molecule has 5 nitrogen and oxygen atoms in total. The highest BCUT2D eigenvalue weighted by Crippen LogP contribution is 2.19. The van der Waals surface area contributed by atoms with Crippen molar-refractivity contribution in [2.75, 3.05) is 5.32 Å². The average molecular weight is 359 g/mol. The number of aryl methyl sites for hydroxylation is 1. The number of amides is 1. The molecule has 136 valence electrons. The van der Waals surface area contributed by atoms with Crippen molar-refractivity contribution in [1.82, 2.24) is 9.78 Å². The van der Waals surface area contributed by atoms with Crippen molar-refractivity contribution in [2.24, 2.45) is 0 Å². The summed E-state index contributed by atoms with van der Waals surface area (Å²) >= 11 is 0. The Labute approximate surface area is 158 Å². The number of ketones is 1. The molecular formula is C22H21N3O2. The molecule has 0 atom stereocenters. The van der Waals surface area contributed by atoms with Crippen molar-refractivity contribution in [3.8, 4) is 5.69 Å². The van der Waals surface area contributed by atoms with Crippen LogP contribution in [0.25, 0.3) is 11.8 Å². The van der Waals surface area contributed by atoms with Gasteiger partial charge in [-0.2, -0.15) is 5.10 Å². The van der Waals surface area contributed by atoms with E-state index < -0.39 is 0 Å². The Morgan fingerprint density at radius 2 is 1.78 bits per heavy atom. The molecule has 0 fully saturated rings. The van der Waals surface area contributed by atoms with Crippen LogP contribution in [0.5, 0.6) is 0 Å². The van der Waals surface area contributed by atoms with Gasteiger partial charge in [0.05, 0.1) is 11.4 Å². The summed E-state index contributed by atoms with van der Waals surface area (Å²) in [5.41, 5.74) is 4.84. The van der Waals surface area contributed by atoms with E-state index >= 15 is 0 Å². The molecule has 0 radical (unpaired) electrons. The number of nitrogens with zero attached hydrogens (tertiary/aromatic N) is 2. The van der Waals surface area contributed by atoms with Gasteiger partial charge in [-0.25, -0.2) is 4.68 Å². The van der Waals surface area contributed by atoms with Crippen LogP contribution in [0.4, 0.5) is 5.69 Å². The Hall–Kier alpha value is -3.47. The third-order valence-corrected chi connectivity index (χ3v) is 4.29. The molecule has 0 aliphatic heterocycles. The second-order valence-corrected chi connectivity index (χ2v) is 6.29. The van der Waals surface area contributed by atoms with Gasteiger partial charge >= 0.3 is 0 Å². The van der Waals surface area contributed by atoms with Gasteiger partial charge in [0.2, 0.25) is 5.91 Å². The Balaban J connectivity index is 1.78. The van der Waals surface area contributed by atoms with Crippen LogP contribution >= 0.6 is 0 Å². The van der Waals surface area contributed by atoms with E-state index in [4.69, 9.17) is 0 Å². The summed E-state index contributed by atoms with van der Waals surface area (Å²) in [4.78, 5) is 23.7. The summed E-state index contributed by atoms with van der Waals surface area (Å²) in [5, 5.41) is 7.35. The fourth-order valence-corrected chi connectivity index (χ4v) is 2.88. The summed E-state index contributed by atoms with van der Waals surface area (Å²) in [6.45, 7) is 5.39. The molecule has 0 bridgehead atoms. The van der Waals surface area contributed by atoms with Gasteiger partial charge in [0.15, 0.2) is 5.78 Å². The average Bonchev–Trinajstić information content (AvgIpc) is 2.95. The lowest BCUT2D eigenvalue weighted by molar-refractivity contribution is -0.111. The number of Topliss-reactive ketones (excluding diaryl/α,β-unsaturated/α-hetero) is 1. The number of para-hydroxylation sites is 1. The number of carbonyl (C=O) groups is 2. The van der Waals surface area contributed by atoms with Crippen molar-refractivity contribution in [3.63, 3.8) is 0 Å². The van der Waals surface area contributed by atoms with Gasteiger partial charge < -0.3 is 5.32 Å². The number of carbonyl (C=O) groups excluding carboxylic acids is 2. The molecule has 2 aromatic carbocycles. The van der Waals surface area contributed by atoms with Crippen LogP contribution < -0.4 is 5.32 Å². The van der Waals surface area contributed by atoms with Crippen molar-refractivity contribution in [2.45, 2.75) is 20.8 Å². The van der Waals surface area contributed by atoms with Gasteiger partial charge in [0.1, 0.15) is 0 Å². The lowest BCUT2D eigenvalue weighted by atomic mass is 10.1. The summed E-state index contributed by atoms with van der Waals surface area (Å²) in [6, 6.07) is 16.7. The quantitative estimate of drug-likeness (QED) is 0.544. The molecule has 1 N–H and O–H groups in total. The minimum Gasteiger partial charge on any atom is -0.322 e. The van der Waals surface area contributed by atoms with Crippen LogP contribution in [-0.2, 0) is 4.79 Å². The zero-order valence-corrected chi connectivity index (χ0v) is 15.6. The van der Waals surface area contributed by atoms with Crippen molar-refractivity contribution in [1.29, 1.82) is 0 Å². The van der Waals surface area contributed by atoms with Crippen LogP contribution in [0.3, 0.4) is 0 Å². The molecule has 1 amide bonds. The number of nitrogens with one attached hydrogen (secondary N) is 1. The van der Waals surface area contributed by atoms with E-state index in [1.54, 1.807) is 30.3 Å². The molecule has 0 aliphatic carbocycles. The van der Waals surface area contributed by atoms with Crippen LogP contribution in [0.15, 0.2) is 60.7 Å². The molecule has 5 heteroatoms. The fraction of sp³-hybridized carbons (Fsp3) is 0.136. The van der Waals surface area contributed by atoms with E-state index in [2.05, 4.69) is 10.4 Å². The molecule has 0 saturated heterocycles. The van der Waals surface area contributed by atoms with Crippen LogP contribution in [0.2, 0.25) is 0 Å². The maximum Gasteiger partial charge on any atom is 0.248 e. The Kier molecular flexibility index (Phi) is 5.31. The lowest BCUT2D eigenvalue weighted by Gasteiger charge is -2.04. The first-order chi connectivity index (χ1) is 13.0. The first kappa shape index (κ1) is 18.3. The van der Waals surface area contributed by atoms with E-state index in [-0.39, 0.29) is 11.7 Å². The highest BCUT2D eigenvalue weighted by Gasteiger charge is 2.11. The molecule has 27 heavy (non-hydrogen) atoms. The SMILES string of the molecule is CC(=O)c1cccc(NC(=O)/C=C/c2c(C)nn(-c3ccccc3)c2C)c1. The summed E-state index contributed by atoms with van der Waals surface area (Å²) < 4.78 is 1.86. The zero-order chi connectivity index (χ0) is 19.4. The molecule has 0 spiro atoms. The predicted octanol–water partition coefficient (Wildman–Crippen LogP) is 4.34. The zero-order valence-electron chi connectivity index (χ0n) is 15.6. The van der Waals surface area contributed by atoms with Crippen LogP contribution in [0.1, 0.15) is 34.2 Å². The Bertz CT molecular complexity index is 1020. The number of anilines is 1. The molecule has 3 aromatic rings. The number of hydrogen-bond donors (Lipinski definition) is 1. The Morgan fingerprint density at radius 1 is 1.04 bits per heavy atom. The van der Waals surface area contributed by atoms with Gasteiger partial charge in [0.25, 0.3) is 0 Å². The van der Waals surface area contributed by atoms with E-state index in [0.29, 0.717) is 11.3 Å². The summed E-state index contributed by atoms with van der Waals surface area (Å²) in [5.74, 6) is -0.303. The lowest BCUT2D eigenvalue weighted by Crippen LogP contribution is -2.08. The van der Waals surface area contributed by atoms with E-state index in [0.717, 1.165) is 22.6 Å². The second-order valence-electron chi connectivity index (χ2n) is 6.29. The summed E-state index contributed by atoms with van der Waals surface area (Å²) in [6.07, 6.45) is 3.24. The van der Waals surface area contributed by atoms with Crippen LogP contribution in [0, 0.1) is 13.8 Å². The van der Waals surface area contributed by atoms with Gasteiger partial charge in [-0.15, -0.1) is 0 Å². The van der Waals surface area contributed by atoms with Crippen LogP contribution in [-0.4, -0.2) is 21.5 Å². The molecular weight excluding hydrogens is 338 g/mol. The monoisotopic (exact) mass is 359 g/mol. The smallest absolute Gasteiger partial charge is 0.248 e. The van der Waals surface area contributed by atoms with Crippen molar-refractivity contribution >= 4 is 23.5 Å². The third-order valence-electron chi connectivity index (χ3n) is 4.29. The minimum absolute atomic E-state index is 0.0405. The largest absolute Gasteiger partial charge is 0.322 e. The Morgan fingerprint density at radius 3 is 2.48 bits per heavy atom.